The van der Waals surface area contributed by atoms with Crippen molar-refractivity contribution in [2.24, 2.45) is 0 Å². The van der Waals surface area contributed by atoms with Crippen LogP contribution in [-0.4, -0.2) is 52.3 Å². The first kappa shape index (κ1) is 28.3. The highest BCUT2D eigenvalue weighted by Gasteiger charge is 2.38. The molecular formula is C30H33N5O5. The predicted molar refractivity (Wildman–Crippen MR) is 152 cm³/mol. The largest absolute Gasteiger partial charge is 0.497 e. The molecule has 1 heterocycles. The van der Waals surface area contributed by atoms with E-state index in [1.165, 1.54) is 30.7 Å². The van der Waals surface area contributed by atoms with Crippen molar-refractivity contribution in [1.82, 2.24) is 20.3 Å². The normalized spacial score (nSPS) is 12.1. The number of carbonyl (C=O) groups is 3. The molecule has 40 heavy (non-hydrogen) atoms. The van der Waals surface area contributed by atoms with E-state index >= 15 is 0 Å². The van der Waals surface area contributed by atoms with Gasteiger partial charge in [0.25, 0.3) is 0 Å². The van der Waals surface area contributed by atoms with Crippen molar-refractivity contribution in [2.75, 3.05) is 19.1 Å². The van der Waals surface area contributed by atoms with Crippen LogP contribution in [0, 0.1) is 0 Å². The highest BCUT2D eigenvalue weighted by atomic mass is 16.5. The van der Waals surface area contributed by atoms with Crippen molar-refractivity contribution in [2.45, 2.75) is 45.8 Å². The van der Waals surface area contributed by atoms with Gasteiger partial charge in [-0.3, -0.25) is 19.3 Å². The van der Waals surface area contributed by atoms with Crippen LogP contribution in [0.5, 0.6) is 11.5 Å². The molecule has 10 heteroatoms. The number of methoxy groups -OCH3 is 2. The van der Waals surface area contributed by atoms with Crippen LogP contribution < -0.4 is 19.7 Å². The van der Waals surface area contributed by atoms with Crippen molar-refractivity contribution in [1.29, 1.82) is 0 Å². The van der Waals surface area contributed by atoms with Crippen LogP contribution in [0.15, 0.2) is 66.7 Å². The zero-order valence-corrected chi connectivity index (χ0v) is 23.5. The molecule has 0 aliphatic rings. The highest BCUT2D eigenvalue weighted by molar-refractivity contribution is 6.08. The van der Waals surface area contributed by atoms with Crippen LogP contribution >= 0.6 is 0 Å². The zero-order valence-electron chi connectivity index (χ0n) is 23.5. The molecule has 4 aromatic rings. The lowest BCUT2D eigenvalue weighted by Gasteiger charge is -2.35. The van der Waals surface area contributed by atoms with Crippen LogP contribution in [0.3, 0.4) is 0 Å². The lowest BCUT2D eigenvalue weighted by atomic mass is 9.98. The summed E-state index contributed by atoms with van der Waals surface area (Å²) in [5.41, 5.74) is 1.61. The summed E-state index contributed by atoms with van der Waals surface area (Å²) in [5, 5.41) is 11.3. The maximum absolute atomic E-state index is 14.3. The Kier molecular flexibility index (Phi) is 8.18. The Balaban J connectivity index is 1.96. The number of fused-ring (bicyclic) bond motifs is 1. The molecule has 0 bridgehead atoms. The number of benzene rings is 3. The number of ether oxygens (including phenoxy) is 2. The molecule has 208 valence electrons. The molecule has 1 unspecified atom stereocenters. The standard InChI is InChI=1S/C30H33N5O5/c1-19(36)21-11-7-9-13-24(21)35(27(37)18-34-25-14-10-8-12-23(25)32-33-34)28(29(38)31-30(2,3)4)22-17-20(39-5)15-16-26(22)40-6/h7-17,28H,18H2,1-6H3,(H,31,38). The van der Waals surface area contributed by atoms with E-state index in [1.54, 1.807) is 48.5 Å². The van der Waals surface area contributed by atoms with Gasteiger partial charge in [0, 0.05) is 16.7 Å². The first-order chi connectivity index (χ1) is 19.0. The van der Waals surface area contributed by atoms with Gasteiger partial charge >= 0.3 is 0 Å². The molecule has 0 saturated carbocycles. The molecule has 1 atom stereocenters. The first-order valence-corrected chi connectivity index (χ1v) is 12.8. The van der Waals surface area contributed by atoms with Crippen LogP contribution in [0.25, 0.3) is 11.0 Å². The number of para-hydroxylation sites is 2. The second-order valence-corrected chi connectivity index (χ2v) is 10.3. The van der Waals surface area contributed by atoms with E-state index in [1.807, 2.05) is 39.0 Å². The molecule has 0 aliphatic heterocycles. The van der Waals surface area contributed by atoms with E-state index in [0.29, 0.717) is 28.1 Å². The topological polar surface area (TPSA) is 116 Å². The number of anilines is 1. The monoisotopic (exact) mass is 543 g/mol. The maximum Gasteiger partial charge on any atom is 0.249 e. The van der Waals surface area contributed by atoms with E-state index in [4.69, 9.17) is 9.47 Å². The minimum atomic E-state index is -1.23. The minimum absolute atomic E-state index is 0.238. The smallest absolute Gasteiger partial charge is 0.249 e. The van der Waals surface area contributed by atoms with Gasteiger partial charge in [0.05, 0.1) is 25.4 Å². The van der Waals surface area contributed by atoms with Crippen molar-refractivity contribution in [3.05, 3.63) is 77.9 Å². The number of nitrogens with one attached hydrogen (secondary N) is 1. The summed E-state index contributed by atoms with van der Waals surface area (Å²) in [5.74, 6) is -0.359. The fourth-order valence-corrected chi connectivity index (χ4v) is 4.53. The van der Waals surface area contributed by atoms with E-state index in [0.717, 1.165) is 0 Å². The number of aromatic nitrogens is 3. The summed E-state index contributed by atoms with van der Waals surface area (Å²) in [6, 6.07) is 17.8. The molecule has 2 amide bonds. The number of ketones is 1. The van der Waals surface area contributed by atoms with Gasteiger partial charge in [0.2, 0.25) is 11.8 Å². The van der Waals surface area contributed by atoms with Crippen molar-refractivity contribution in [3.8, 4) is 11.5 Å². The Hall–Kier alpha value is -4.73. The predicted octanol–water partition coefficient (Wildman–Crippen LogP) is 4.34. The van der Waals surface area contributed by atoms with Crippen LogP contribution in [-0.2, 0) is 16.1 Å². The Labute approximate surface area is 232 Å². The number of Topliss-reactive ketones (excluding diaryl/α,β-unsaturated/α-hetero) is 1. The lowest BCUT2D eigenvalue weighted by Crippen LogP contribution is -2.50. The second-order valence-electron chi connectivity index (χ2n) is 10.3. The molecule has 0 saturated heterocycles. The number of rotatable bonds is 9. The van der Waals surface area contributed by atoms with Crippen molar-refractivity contribution < 1.29 is 23.9 Å². The third kappa shape index (κ3) is 5.96. The molecule has 1 N–H and O–H groups in total. The minimum Gasteiger partial charge on any atom is -0.497 e. The van der Waals surface area contributed by atoms with E-state index in [9.17, 15) is 14.4 Å². The highest BCUT2D eigenvalue weighted by Crippen LogP contribution is 2.38. The molecule has 0 aliphatic carbocycles. The molecule has 1 aromatic heterocycles. The molecule has 4 rings (SSSR count). The Bertz CT molecular complexity index is 1560. The van der Waals surface area contributed by atoms with Gasteiger partial charge in [0.1, 0.15) is 29.6 Å². The zero-order chi connectivity index (χ0) is 29.0. The van der Waals surface area contributed by atoms with Crippen molar-refractivity contribution >= 4 is 34.3 Å². The molecular weight excluding hydrogens is 510 g/mol. The van der Waals surface area contributed by atoms with E-state index in [-0.39, 0.29) is 23.6 Å². The Morgan fingerprint density at radius 2 is 1.68 bits per heavy atom. The third-order valence-corrected chi connectivity index (χ3v) is 6.25. The van der Waals surface area contributed by atoms with Crippen LogP contribution in [0.1, 0.15) is 49.7 Å². The summed E-state index contributed by atoms with van der Waals surface area (Å²) < 4.78 is 12.6. The lowest BCUT2D eigenvalue weighted by molar-refractivity contribution is -0.128. The van der Waals surface area contributed by atoms with Gasteiger partial charge in [-0.05, 0) is 70.2 Å². The SMILES string of the molecule is COc1ccc(OC)c(C(C(=O)NC(C)(C)C)N(C(=O)Cn2nnc3ccccc32)c2ccccc2C(C)=O)c1. The van der Waals surface area contributed by atoms with Crippen LogP contribution in [0.2, 0.25) is 0 Å². The third-order valence-electron chi connectivity index (χ3n) is 6.25. The molecule has 0 radical (unpaired) electrons. The number of amides is 2. The summed E-state index contributed by atoms with van der Waals surface area (Å²) >= 11 is 0. The van der Waals surface area contributed by atoms with Gasteiger partial charge in [-0.2, -0.15) is 0 Å². The van der Waals surface area contributed by atoms with Gasteiger partial charge in [-0.1, -0.05) is 29.5 Å². The van der Waals surface area contributed by atoms with Gasteiger partial charge in [-0.15, -0.1) is 5.10 Å². The average Bonchev–Trinajstić information content (AvgIpc) is 3.32. The molecule has 0 fully saturated rings. The summed E-state index contributed by atoms with van der Waals surface area (Å²) in [6.07, 6.45) is 0. The summed E-state index contributed by atoms with van der Waals surface area (Å²) in [7, 11) is 3.00. The quantitative estimate of drug-likeness (QED) is 0.312. The fourth-order valence-electron chi connectivity index (χ4n) is 4.53. The Morgan fingerprint density at radius 3 is 2.35 bits per heavy atom. The molecule has 3 aromatic carbocycles. The first-order valence-electron chi connectivity index (χ1n) is 12.8. The number of nitrogens with zero attached hydrogens (tertiary/aromatic N) is 4. The van der Waals surface area contributed by atoms with Gasteiger partial charge < -0.3 is 14.8 Å². The number of hydrogen-bond acceptors (Lipinski definition) is 7. The molecule has 10 nitrogen and oxygen atoms in total. The number of carbonyl (C=O) groups excluding carboxylic acids is 3. The summed E-state index contributed by atoms with van der Waals surface area (Å²) in [4.78, 5) is 42.6. The fraction of sp³-hybridized carbons (Fsp3) is 0.300. The van der Waals surface area contributed by atoms with E-state index in [2.05, 4.69) is 15.6 Å². The maximum atomic E-state index is 14.3. The molecule has 0 spiro atoms. The van der Waals surface area contributed by atoms with Gasteiger partial charge in [0.15, 0.2) is 5.78 Å². The second kappa shape index (κ2) is 11.6. The number of hydrogen-bond donors (Lipinski definition) is 1. The van der Waals surface area contributed by atoms with Gasteiger partial charge in [-0.25, -0.2) is 4.68 Å². The Morgan fingerprint density at radius 1 is 0.975 bits per heavy atom. The average molecular weight is 544 g/mol. The van der Waals surface area contributed by atoms with E-state index < -0.39 is 23.4 Å². The van der Waals surface area contributed by atoms with Crippen LogP contribution in [0.4, 0.5) is 5.69 Å². The van der Waals surface area contributed by atoms with Crippen molar-refractivity contribution in [3.63, 3.8) is 0 Å². The summed E-state index contributed by atoms with van der Waals surface area (Å²) in [6.45, 7) is 6.73.